The van der Waals surface area contributed by atoms with Gasteiger partial charge in [0.25, 0.3) is 0 Å². The molecule has 1 aromatic heterocycles. The van der Waals surface area contributed by atoms with Crippen LogP contribution in [-0.2, 0) is 0 Å². The Kier molecular flexibility index (Phi) is 3.20. The molecule has 1 heterocycles. The zero-order valence-electron chi connectivity index (χ0n) is 9.18. The molecule has 0 radical (unpaired) electrons. The van der Waals surface area contributed by atoms with Crippen molar-refractivity contribution in [3.8, 4) is 0 Å². The summed E-state index contributed by atoms with van der Waals surface area (Å²) in [4.78, 5) is 15.2. The van der Waals surface area contributed by atoms with E-state index in [1.54, 1.807) is 6.07 Å². The van der Waals surface area contributed by atoms with Crippen LogP contribution in [-0.4, -0.2) is 29.1 Å². The number of nitrogens with zero attached hydrogens (tertiary/aromatic N) is 1. The summed E-state index contributed by atoms with van der Waals surface area (Å²) in [6, 6.07) is 7.27. The Balaban J connectivity index is 2.58. The number of fused-ring (bicyclic) bond motifs is 1. The van der Waals surface area contributed by atoms with Crippen LogP contribution in [0.2, 0.25) is 0 Å². The number of aromatic nitrogens is 1. The zero-order valence-corrected chi connectivity index (χ0v) is 9.18. The third kappa shape index (κ3) is 2.19. The molecule has 17 heavy (non-hydrogen) atoms. The van der Waals surface area contributed by atoms with Gasteiger partial charge in [-0.15, -0.1) is 0 Å². The molecule has 0 fully saturated rings. The highest BCUT2D eigenvalue weighted by Crippen LogP contribution is 2.24. The number of nitrogens with two attached hydrogens (primary N) is 1. The van der Waals surface area contributed by atoms with Gasteiger partial charge in [-0.05, 0) is 0 Å². The van der Waals surface area contributed by atoms with Crippen LogP contribution >= 0.6 is 0 Å². The molecule has 5 heteroatoms. The molecule has 4 N–H and O–H groups in total. The minimum atomic E-state index is -0.973. The molecule has 0 unspecified atom stereocenters. The van der Waals surface area contributed by atoms with Crippen molar-refractivity contribution in [1.82, 2.24) is 4.98 Å². The zero-order chi connectivity index (χ0) is 12.3. The molecule has 2 aromatic rings. The van der Waals surface area contributed by atoms with Crippen molar-refractivity contribution in [2.24, 2.45) is 5.73 Å². The quantitative estimate of drug-likeness (QED) is 0.738. The van der Waals surface area contributed by atoms with Crippen LogP contribution in [0.5, 0.6) is 0 Å². The summed E-state index contributed by atoms with van der Waals surface area (Å²) in [6.07, 6.45) is 1.36. The number of aromatic carboxylic acids is 1. The number of benzene rings is 1. The van der Waals surface area contributed by atoms with Crippen LogP contribution in [0.3, 0.4) is 0 Å². The average molecular weight is 231 g/mol. The lowest BCUT2D eigenvalue weighted by molar-refractivity contribution is 0.0698. The van der Waals surface area contributed by atoms with Gasteiger partial charge in [-0.3, -0.25) is 0 Å². The minimum Gasteiger partial charge on any atom is -0.478 e. The number of carboxylic acids is 1. The van der Waals surface area contributed by atoms with Crippen molar-refractivity contribution in [3.63, 3.8) is 0 Å². The number of hydrogen-bond donors (Lipinski definition) is 3. The Morgan fingerprint density at radius 1 is 1.35 bits per heavy atom. The van der Waals surface area contributed by atoms with E-state index < -0.39 is 5.97 Å². The normalized spacial score (nSPS) is 10.4. The lowest BCUT2D eigenvalue weighted by Crippen LogP contribution is -2.14. The maximum atomic E-state index is 11.1. The SMILES string of the molecule is NCCNc1ncc(C(=O)O)c2ccccc12. The second-order valence-electron chi connectivity index (χ2n) is 3.59. The van der Waals surface area contributed by atoms with Crippen molar-refractivity contribution in [2.75, 3.05) is 18.4 Å². The number of pyridine rings is 1. The highest BCUT2D eigenvalue weighted by atomic mass is 16.4. The number of hydrogen-bond acceptors (Lipinski definition) is 4. The molecule has 88 valence electrons. The summed E-state index contributed by atoms with van der Waals surface area (Å²) in [5, 5.41) is 13.6. The van der Waals surface area contributed by atoms with Gasteiger partial charge in [0, 0.05) is 30.1 Å². The van der Waals surface area contributed by atoms with Gasteiger partial charge >= 0.3 is 5.97 Å². The summed E-state index contributed by atoms with van der Waals surface area (Å²) in [7, 11) is 0. The lowest BCUT2D eigenvalue weighted by atomic mass is 10.1. The molecule has 0 saturated carbocycles. The van der Waals surface area contributed by atoms with Gasteiger partial charge in [0.1, 0.15) is 5.82 Å². The Bertz CT molecular complexity index is 554. The van der Waals surface area contributed by atoms with Gasteiger partial charge in [0.15, 0.2) is 0 Å². The van der Waals surface area contributed by atoms with E-state index in [2.05, 4.69) is 10.3 Å². The third-order valence-electron chi connectivity index (χ3n) is 2.46. The van der Waals surface area contributed by atoms with E-state index in [0.717, 1.165) is 5.39 Å². The summed E-state index contributed by atoms with van der Waals surface area (Å²) in [5.41, 5.74) is 5.62. The van der Waals surface area contributed by atoms with E-state index in [-0.39, 0.29) is 5.56 Å². The van der Waals surface area contributed by atoms with Crippen LogP contribution in [0, 0.1) is 0 Å². The summed E-state index contributed by atoms with van der Waals surface area (Å²) in [5.74, 6) is -0.310. The lowest BCUT2D eigenvalue weighted by Gasteiger charge is -2.09. The summed E-state index contributed by atoms with van der Waals surface area (Å²) >= 11 is 0. The highest BCUT2D eigenvalue weighted by Gasteiger charge is 2.11. The Morgan fingerprint density at radius 2 is 2.06 bits per heavy atom. The van der Waals surface area contributed by atoms with Crippen LogP contribution in [0.1, 0.15) is 10.4 Å². The number of carbonyl (C=O) groups is 1. The van der Waals surface area contributed by atoms with Crippen LogP contribution in [0.25, 0.3) is 10.8 Å². The Morgan fingerprint density at radius 3 is 2.71 bits per heavy atom. The van der Waals surface area contributed by atoms with E-state index in [1.165, 1.54) is 6.20 Å². The van der Waals surface area contributed by atoms with Crippen molar-refractivity contribution < 1.29 is 9.90 Å². The monoisotopic (exact) mass is 231 g/mol. The molecule has 0 aliphatic heterocycles. The predicted octanol–water partition coefficient (Wildman–Crippen LogP) is 1.30. The standard InChI is InChI=1S/C12H13N3O2/c13-5-6-14-11-9-4-2-1-3-8(9)10(7-15-11)12(16)17/h1-4,7H,5-6,13H2,(H,14,15)(H,16,17). The fourth-order valence-electron chi connectivity index (χ4n) is 1.69. The topological polar surface area (TPSA) is 88.2 Å². The molecule has 0 bridgehead atoms. The molecule has 0 aliphatic rings. The maximum absolute atomic E-state index is 11.1. The van der Waals surface area contributed by atoms with Crippen LogP contribution in [0.4, 0.5) is 5.82 Å². The first-order chi connectivity index (χ1) is 8.24. The van der Waals surface area contributed by atoms with E-state index in [1.807, 2.05) is 18.2 Å². The van der Waals surface area contributed by atoms with E-state index in [9.17, 15) is 4.79 Å². The summed E-state index contributed by atoms with van der Waals surface area (Å²) in [6.45, 7) is 1.10. The molecule has 0 aliphatic carbocycles. The van der Waals surface area contributed by atoms with Crippen LogP contribution < -0.4 is 11.1 Å². The molecule has 1 aromatic carbocycles. The second kappa shape index (κ2) is 4.80. The van der Waals surface area contributed by atoms with Gasteiger partial charge in [0.05, 0.1) is 5.56 Å². The maximum Gasteiger partial charge on any atom is 0.337 e. The first-order valence-electron chi connectivity index (χ1n) is 5.29. The van der Waals surface area contributed by atoms with E-state index in [0.29, 0.717) is 24.3 Å². The number of anilines is 1. The Labute approximate surface area is 98.3 Å². The number of nitrogens with one attached hydrogen (secondary N) is 1. The molecular weight excluding hydrogens is 218 g/mol. The van der Waals surface area contributed by atoms with Gasteiger partial charge in [-0.1, -0.05) is 24.3 Å². The smallest absolute Gasteiger partial charge is 0.337 e. The average Bonchev–Trinajstić information content (AvgIpc) is 2.35. The molecular formula is C12H13N3O2. The fourth-order valence-corrected chi connectivity index (χ4v) is 1.69. The minimum absolute atomic E-state index is 0.207. The Hall–Kier alpha value is -2.14. The molecule has 0 spiro atoms. The highest BCUT2D eigenvalue weighted by molar-refractivity contribution is 6.06. The van der Waals surface area contributed by atoms with Crippen molar-refractivity contribution >= 4 is 22.6 Å². The van der Waals surface area contributed by atoms with Crippen LogP contribution in [0.15, 0.2) is 30.5 Å². The van der Waals surface area contributed by atoms with Gasteiger partial charge in [-0.25, -0.2) is 9.78 Å². The van der Waals surface area contributed by atoms with E-state index in [4.69, 9.17) is 10.8 Å². The first-order valence-corrected chi connectivity index (χ1v) is 5.29. The van der Waals surface area contributed by atoms with Gasteiger partial charge in [0.2, 0.25) is 0 Å². The van der Waals surface area contributed by atoms with Gasteiger partial charge < -0.3 is 16.2 Å². The first kappa shape index (κ1) is 11.3. The van der Waals surface area contributed by atoms with Crippen molar-refractivity contribution in [1.29, 1.82) is 0 Å². The largest absolute Gasteiger partial charge is 0.478 e. The third-order valence-corrected chi connectivity index (χ3v) is 2.46. The van der Waals surface area contributed by atoms with Crippen molar-refractivity contribution in [3.05, 3.63) is 36.0 Å². The fraction of sp³-hybridized carbons (Fsp3) is 0.167. The van der Waals surface area contributed by atoms with Gasteiger partial charge in [-0.2, -0.15) is 0 Å². The molecule has 0 atom stereocenters. The second-order valence-corrected chi connectivity index (χ2v) is 3.59. The molecule has 2 rings (SSSR count). The summed E-state index contributed by atoms with van der Waals surface area (Å²) < 4.78 is 0. The predicted molar refractivity (Wildman–Crippen MR) is 66.2 cm³/mol. The number of carboxylic acid groups (broad SMARTS) is 1. The van der Waals surface area contributed by atoms with Crippen molar-refractivity contribution in [2.45, 2.75) is 0 Å². The van der Waals surface area contributed by atoms with E-state index >= 15 is 0 Å². The molecule has 5 nitrogen and oxygen atoms in total. The molecule has 0 amide bonds. The molecule has 0 saturated heterocycles. The number of rotatable bonds is 4.